The molecule has 0 spiro atoms. The van der Waals surface area contributed by atoms with Gasteiger partial charge in [-0.2, -0.15) is 0 Å². The molecule has 1 saturated heterocycles. The molecule has 0 bridgehead atoms. The Balaban J connectivity index is 2.24. The van der Waals surface area contributed by atoms with Crippen molar-refractivity contribution in [1.29, 1.82) is 0 Å². The molecule has 0 aromatic rings. The van der Waals surface area contributed by atoms with Crippen LogP contribution in [0.15, 0.2) is 0 Å². The Kier molecular flexibility index (Phi) is 6.57. The average molecular weight is 259 g/mol. The van der Waals surface area contributed by atoms with Gasteiger partial charge in [0.25, 0.3) is 0 Å². The van der Waals surface area contributed by atoms with E-state index in [1.54, 1.807) is 0 Å². The summed E-state index contributed by atoms with van der Waals surface area (Å²) in [5, 5.41) is 9.98. The summed E-state index contributed by atoms with van der Waals surface area (Å²) in [4.78, 5) is 2.24. The predicted octanol–water partition coefficient (Wildman–Crippen LogP) is 1.66. The van der Waals surface area contributed by atoms with Crippen LogP contribution in [0.3, 0.4) is 0 Å². The fourth-order valence-electron chi connectivity index (χ4n) is 2.11. The zero-order chi connectivity index (χ0) is 13.6. The smallest absolute Gasteiger partial charge is 0.0900 e. The first-order valence-electron chi connectivity index (χ1n) is 7.06. The number of aliphatic hydroxyl groups is 1. The number of nitrogens with zero attached hydrogens (tertiary/aromatic N) is 1. The summed E-state index contributed by atoms with van der Waals surface area (Å²) in [5.74, 6) is 0. The third kappa shape index (κ3) is 6.69. The first-order valence-corrected chi connectivity index (χ1v) is 7.06. The zero-order valence-corrected chi connectivity index (χ0v) is 12.3. The summed E-state index contributed by atoms with van der Waals surface area (Å²) in [6.07, 6.45) is 2.23. The lowest BCUT2D eigenvalue weighted by Gasteiger charge is -2.28. The monoisotopic (exact) mass is 259 g/mol. The summed E-state index contributed by atoms with van der Waals surface area (Å²) in [6.45, 7) is 11.9. The quantitative estimate of drug-likeness (QED) is 0.755. The second-order valence-corrected chi connectivity index (χ2v) is 6.06. The Morgan fingerprint density at radius 1 is 1.44 bits per heavy atom. The van der Waals surface area contributed by atoms with Crippen LogP contribution in [0, 0.1) is 0 Å². The SMILES string of the molecule is CCN(CC(O)COC(C)(C)C)CC1CCCO1. The summed E-state index contributed by atoms with van der Waals surface area (Å²) < 4.78 is 11.2. The van der Waals surface area contributed by atoms with Crippen molar-refractivity contribution in [2.75, 3.05) is 32.8 Å². The van der Waals surface area contributed by atoms with E-state index in [-0.39, 0.29) is 5.60 Å². The Morgan fingerprint density at radius 2 is 2.17 bits per heavy atom. The molecule has 0 aromatic carbocycles. The fourth-order valence-corrected chi connectivity index (χ4v) is 2.11. The Morgan fingerprint density at radius 3 is 2.67 bits per heavy atom. The zero-order valence-electron chi connectivity index (χ0n) is 12.3. The van der Waals surface area contributed by atoms with Crippen LogP contribution in [0.25, 0.3) is 0 Å². The summed E-state index contributed by atoms with van der Waals surface area (Å²) in [7, 11) is 0. The summed E-state index contributed by atoms with van der Waals surface area (Å²) in [6, 6.07) is 0. The van der Waals surface area contributed by atoms with Crippen molar-refractivity contribution < 1.29 is 14.6 Å². The van der Waals surface area contributed by atoms with Gasteiger partial charge in [-0.05, 0) is 40.2 Å². The molecule has 1 aliphatic rings. The van der Waals surface area contributed by atoms with E-state index in [1.165, 1.54) is 0 Å². The molecule has 0 aromatic heterocycles. The van der Waals surface area contributed by atoms with E-state index in [9.17, 15) is 5.11 Å². The summed E-state index contributed by atoms with van der Waals surface area (Å²) >= 11 is 0. The van der Waals surface area contributed by atoms with E-state index in [1.807, 2.05) is 20.8 Å². The van der Waals surface area contributed by atoms with Crippen LogP contribution in [0.1, 0.15) is 40.5 Å². The van der Waals surface area contributed by atoms with Gasteiger partial charge in [0.05, 0.1) is 24.4 Å². The minimum Gasteiger partial charge on any atom is -0.389 e. The molecule has 1 N–H and O–H groups in total. The van der Waals surface area contributed by atoms with Gasteiger partial charge in [-0.1, -0.05) is 6.92 Å². The molecule has 1 heterocycles. The van der Waals surface area contributed by atoms with Crippen molar-refractivity contribution in [1.82, 2.24) is 4.90 Å². The molecule has 0 saturated carbocycles. The molecule has 2 atom stereocenters. The van der Waals surface area contributed by atoms with Gasteiger partial charge >= 0.3 is 0 Å². The topological polar surface area (TPSA) is 41.9 Å². The number of hydrogen-bond donors (Lipinski definition) is 1. The van der Waals surface area contributed by atoms with Gasteiger partial charge in [0.2, 0.25) is 0 Å². The molecule has 4 heteroatoms. The second-order valence-electron chi connectivity index (χ2n) is 6.06. The minimum atomic E-state index is -0.425. The van der Waals surface area contributed by atoms with Crippen LogP contribution in [-0.4, -0.2) is 60.7 Å². The first-order chi connectivity index (χ1) is 8.40. The van der Waals surface area contributed by atoms with Gasteiger partial charge in [0.15, 0.2) is 0 Å². The van der Waals surface area contributed by atoms with Crippen LogP contribution in [-0.2, 0) is 9.47 Å². The van der Waals surface area contributed by atoms with Gasteiger partial charge in [-0.15, -0.1) is 0 Å². The second kappa shape index (κ2) is 7.43. The van der Waals surface area contributed by atoms with Crippen LogP contribution in [0.2, 0.25) is 0 Å². The highest BCUT2D eigenvalue weighted by Gasteiger charge is 2.21. The molecule has 1 fully saturated rings. The molecule has 1 rings (SSSR count). The van der Waals surface area contributed by atoms with Crippen molar-refractivity contribution in [3.8, 4) is 0 Å². The van der Waals surface area contributed by atoms with Gasteiger partial charge in [-0.25, -0.2) is 0 Å². The first kappa shape index (κ1) is 15.9. The molecule has 4 nitrogen and oxygen atoms in total. The van der Waals surface area contributed by atoms with E-state index in [0.29, 0.717) is 19.3 Å². The van der Waals surface area contributed by atoms with Gasteiger partial charge in [-0.3, -0.25) is 4.90 Å². The van der Waals surface area contributed by atoms with E-state index in [4.69, 9.17) is 9.47 Å². The number of ether oxygens (including phenoxy) is 2. The molecule has 1 aliphatic heterocycles. The third-order valence-electron chi connectivity index (χ3n) is 3.11. The molecular weight excluding hydrogens is 230 g/mol. The molecule has 0 aliphatic carbocycles. The molecule has 0 amide bonds. The van der Waals surface area contributed by atoms with Crippen LogP contribution in [0.4, 0.5) is 0 Å². The maximum absolute atomic E-state index is 9.98. The third-order valence-corrected chi connectivity index (χ3v) is 3.11. The summed E-state index contributed by atoms with van der Waals surface area (Å²) in [5.41, 5.74) is -0.188. The molecule has 0 radical (unpaired) electrons. The lowest BCUT2D eigenvalue weighted by atomic mass is 10.2. The fraction of sp³-hybridized carbons (Fsp3) is 1.00. The number of rotatable bonds is 7. The Hall–Kier alpha value is -0.160. The predicted molar refractivity (Wildman–Crippen MR) is 72.8 cm³/mol. The Labute approximate surface area is 111 Å². The number of aliphatic hydroxyl groups excluding tert-OH is 1. The van der Waals surface area contributed by atoms with Crippen LogP contribution >= 0.6 is 0 Å². The van der Waals surface area contributed by atoms with Gasteiger partial charge < -0.3 is 14.6 Å². The van der Waals surface area contributed by atoms with Crippen molar-refractivity contribution >= 4 is 0 Å². The standard InChI is InChI=1S/C14H29NO3/c1-5-15(10-13-7-6-8-17-13)9-12(16)11-18-14(2,3)4/h12-13,16H,5-11H2,1-4H3. The highest BCUT2D eigenvalue weighted by molar-refractivity contribution is 4.72. The van der Waals surface area contributed by atoms with E-state index in [2.05, 4.69) is 11.8 Å². The van der Waals surface area contributed by atoms with Crippen molar-refractivity contribution in [2.24, 2.45) is 0 Å². The Bertz CT molecular complexity index is 222. The van der Waals surface area contributed by atoms with Crippen molar-refractivity contribution in [2.45, 2.75) is 58.3 Å². The van der Waals surface area contributed by atoms with Crippen LogP contribution in [0.5, 0.6) is 0 Å². The number of hydrogen-bond acceptors (Lipinski definition) is 4. The molecule has 108 valence electrons. The normalized spacial score (nSPS) is 22.7. The highest BCUT2D eigenvalue weighted by atomic mass is 16.5. The average Bonchev–Trinajstić information content (AvgIpc) is 2.77. The van der Waals surface area contributed by atoms with E-state index in [0.717, 1.165) is 32.5 Å². The number of likely N-dealkylation sites (N-methyl/N-ethyl adjacent to an activating group) is 1. The van der Waals surface area contributed by atoms with E-state index >= 15 is 0 Å². The minimum absolute atomic E-state index is 0.188. The highest BCUT2D eigenvalue weighted by Crippen LogP contribution is 2.14. The molecule has 18 heavy (non-hydrogen) atoms. The van der Waals surface area contributed by atoms with Crippen molar-refractivity contribution in [3.63, 3.8) is 0 Å². The maximum atomic E-state index is 9.98. The molecule has 2 unspecified atom stereocenters. The maximum Gasteiger partial charge on any atom is 0.0900 e. The molecular formula is C14H29NO3. The lowest BCUT2D eigenvalue weighted by molar-refractivity contribution is -0.0583. The van der Waals surface area contributed by atoms with Crippen LogP contribution < -0.4 is 0 Å². The largest absolute Gasteiger partial charge is 0.389 e. The van der Waals surface area contributed by atoms with E-state index < -0.39 is 6.10 Å². The lowest BCUT2D eigenvalue weighted by Crippen LogP contribution is -2.40. The van der Waals surface area contributed by atoms with Crippen molar-refractivity contribution in [3.05, 3.63) is 0 Å². The van der Waals surface area contributed by atoms with Gasteiger partial charge in [0.1, 0.15) is 0 Å². The van der Waals surface area contributed by atoms with Gasteiger partial charge in [0, 0.05) is 19.7 Å².